The molecule has 0 atom stereocenters. The van der Waals surface area contributed by atoms with Crippen LogP contribution < -0.4 is 5.32 Å². The van der Waals surface area contributed by atoms with Crippen LogP contribution in [0.3, 0.4) is 0 Å². The van der Waals surface area contributed by atoms with Crippen LogP contribution in [0.5, 0.6) is 0 Å². The molecule has 0 spiro atoms. The Labute approximate surface area is 185 Å². The van der Waals surface area contributed by atoms with Crippen molar-refractivity contribution in [2.24, 2.45) is 0 Å². The lowest BCUT2D eigenvalue weighted by Crippen LogP contribution is -2.49. The summed E-state index contributed by atoms with van der Waals surface area (Å²) in [6.07, 6.45) is 6.13. The molecule has 0 unspecified atom stereocenters. The predicted octanol–water partition coefficient (Wildman–Crippen LogP) is 4.33. The average Bonchev–Trinajstić information content (AvgIpc) is 3.39. The summed E-state index contributed by atoms with van der Waals surface area (Å²) in [7, 11) is 0. The standard InChI is InChI=1S/C23H25N5O2S/c1-17-19(10-13-30-17)21-26-27-22(28(21)14-18-8-4-2-5-9-18)31-15-20(29)25-23(16-24)11-6-3-7-12-23/h2,4-5,8-10,13H,3,6-7,11-12,14-15H2,1H3,(H,25,29). The van der Waals surface area contributed by atoms with Gasteiger partial charge in [0, 0.05) is 0 Å². The van der Waals surface area contributed by atoms with Crippen LogP contribution in [0.1, 0.15) is 43.4 Å². The number of carbonyl (C=O) groups excluding carboxylic acids is 1. The average molecular weight is 436 g/mol. The van der Waals surface area contributed by atoms with Crippen molar-refractivity contribution < 1.29 is 9.21 Å². The highest BCUT2D eigenvalue weighted by Gasteiger charge is 2.33. The van der Waals surface area contributed by atoms with Crippen molar-refractivity contribution in [2.45, 2.75) is 56.3 Å². The van der Waals surface area contributed by atoms with Gasteiger partial charge in [-0.15, -0.1) is 10.2 Å². The molecule has 3 aromatic rings. The van der Waals surface area contributed by atoms with Gasteiger partial charge in [-0.3, -0.25) is 9.36 Å². The maximum absolute atomic E-state index is 12.7. The van der Waals surface area contributed by atoms with Crippen molar-refractivity contribution in [3.05, 3.63) is 54.0 Å². The number of furan rings is 1. The van der Waals surface area contributed by atoms with E-state index in [1.54, 1.807) is 6.26 Å². The summed E-state index contributed by atoms with van der Waals surface area (Å²) in [6, 6.07) is 14.3. The minimum atomic E-state index is -0.729. The summed E-state index contributed by atoms with van der Waals surface area (Å²) >= 11 is 1.33. The Morgan fingerprint density at radius 2 is 2.00 bits per heavy atom. The van der Waals surface area contributed by atoms with Gasteiger partial charge in [0.1, 0.15) is 11.3 Å². The zero-order valence-electron chi connectivity index (χ0n) is 17.5. The first-order valence-corrected chi connectivity index (χ1v) is 11.5. The molecule has 1 fully saturated rings. The Bertz CT molecular complexity index is 1080. The van der Waals surface area contributed by atoms with E-state index in [4.69, 9.17) is 4.42 Å². The molecule has 160 valence electrons. The summed E-state index contributed by atoms with van der Waals surface area (Å²) in [4.78, 5) is 12.7. The van der Waals surface area contributed by atoms with E-state index in [2.05, 4.69) is 21.6 Å². The molecule has 0 aliphatic heterocycles. The second kappa shape index (κ2) is 9.40. The first-order chi connectivity index (χ1) is 15.1. The number of nitriles is 1. The van der Waals surface area contributed by atoms with Crippen molar-refractivity contribution in [1.29, 1.82) is 5.26 Å². The molecule has 4 rings (SSSR count). The molecule has 2 heterocycles. The molecule has 0 bridgehead atoms. The fourth-order valence-electron chi connectivity index (χ4n) is 3.97. The number of hydrogen-bond donors (Lipinski definition) is 1. The predicted molar refractivity (Wildman–Crippen MR) is 118 cm³/mol. The molecular formula is C23H25N5O2S. The van der Waals surface area contributed by atoms with E-state index in [0.717, 1.165) is 36.1 Å². The van der Waals surface area contributed by atoms with Gasteiger partial charge in [-0.1, -0.05) is 61.4 Å². The summed E-state index contributed by atoms with van der Waals surface area (Å²) < 4.78 is 7.46. The molecule has 8 heteroatoms. The van der Waals surface area contributed by atoms with Gasteiger partial charge in [0.2, 0.25) is 5.91 Å². The van der Waals surface area contributed by atoms with Crippen LogP contribution in [0.2, 0.25) is 0 Å². The number of hydrogen-bond acceptors (Lipinski definition) is 6. The molecule has 1 aliphatic rings. The van der Waals surface area contributed by atoms with E-state index in [9.17, 15) is 10.1 Å². The Hall–Kier alpha value is -3.05. The van der Waals surface area contributed by atoms with E-state index in [1.165, 1.54) is 11.8 Å². The van der Waals surface area contributed by atoms with Gasteiger partial charge >= 0.3 is 0 Å². The SMILES string of the molecule is Cc1occc1-c1nnc(SCC(=O)NC2(C#N)CCCCC2)n1Cc1ccccc1. The van der Waals surface area contributed by atoms with Crippen molar-refractivity contribution in [3.8, 4) is 17.5 Å². The van der Waals surface area contributed by atoms with Crippen molar-refractivity contribution >= 4 is 17.7 Å². The lowest BCUT2D eigenvalue weighted by atomic mass is 9.83. The highest BCUT2D eigenvalue weighted by Crippen LogP contribution is 2.30. The summed E-state index contributed by atoms with van der Waals surface area (Å²) in [6.45, 7) is 2.47. The number of amides is 1. The highest BCUT2D eigenvalue weighted by molar-refractivity contribution is 7.99. The molecule has 1 saturated carbocycles. The van der Waals surface area contributed by atoms with E-state index in [0.29, 0.717) is 30.4 Å². The zero-order valence-corrected chi connectivity index (χ0v) is 18.3. The molecule has 1 aliphatic carbocycles. The third kappa shape index (κ3) is 4.83. The van der Waals surface area contributed by atoms with Gasteiger partial charge in [-0.05, 0) is 31.4 Å². The molecule has 1 amide bonds. The summed E-state index contributed by atoms with van der Waals surface area (Å²) in [5, 5.41) is 22.0. The second-order valence-electron chi connectivity index (χ2n) is 7.86. The van der Waals surface area contributed by atoms with Gasteiger partial charge in [-0.2, -0.15) is 5.26 Å². The molecule has 7 nitrogen and oxygen atoms in total. The second-order valence-corrected chi connectivity index (χ2v) is 8.80. The minimum Gasteiger partial charge on any atom is -0.469 e. The third-order valence-electron chi connectivity index (χ3n) is 5.63. The van der Waals surface area contributed by atoms with Gasteiger partial charge in [0.25, 0.3) is 0 Å². The summed E-state index contributed by atoms with van der Waals surface area (Å²) in [5.74, 6) is 1.51. The Kier molecular flexibility index (Phi) is 6.42. The highest BCUT2D eigenvalue weighted by atomic mass is 32.2. The molecular weight excluding hydrogens is 410 g/mol. The van der Waals surface area contributed by atoms with E-state index in [-0.39, 0.29) is 11.7 Å². The smallest absolute Gasteiger partial charge is 0.231 e. The number of aromatic nitrogens is 3. The number of aryl methyl sites for hydroxylation is 1. The topological polar surface area (TPSA) is 96.7 Å². The quantitative estimate of drug-likeness (QED) is 0.555. The molecule has 1 aromatic carbocycles. The fraction of sp³-hybridized carbons (Fsp3) is 0.391. The first-order valence-electron chi connectivity index (χ1n) is 10.5. The number of nitrogens with zero attached hydrogens (tertiary/aromatic N) is 4. The molecule has 1 N–H and O–H groups in total. The normalized spacial score (nSPS) is 15.4. The number of nitrogens with one attached hydrogen (secondary N) is 1. The maximum atomic E-state index is 12.7. The van der Waals surface area contributed by atoms with Crippen LogP contribution in [0.15, 0.2) is 52.2 Å². The van der Waals surface area contributed by atoms with Gasteiger partial charge in [0.05, 0.1) is 30.2 Å². The van der Waals surface area contributed by atoms with Crippen molar-refractivity contribution in [2.75, 3.05) is 5.75 Å². The molecule has 2 aromatic heterocycles. The van der Waals surface area contributed by atoms with Crippen LogP contribution in [0, 0.1) is 18.3 Å². The first kappa shape index (κ1) is 21.2. The van der Waals surface area contributed by atoms with Crippen LogP contribution in [0.25, 0.3) is 11.4 Å². The van der Waals surface area contributed by atoms with E-state index >= 15 is 0 Å². The largest absolute Gasteiger partial charge is 0.469 e. The van der Waals surface area contributed by atoms with E-state index in [1.807, 2.05) is 47.9 Å². The lowest BCUT2D eigenvalue weighted by Gasteiger charge is -2.31. The molecule has 0 radical (unpaired) electrons. The number of carbonyl (C=O) groups is 1. The van der Waals surface area contributed by atoms with Gasteiger partial charge < -0.3 is 9.73 Å². The number of benzene rings is 1. The van der Waals surface area contributed by atoms with Crippen LogP contribution in [-0.2, 0) is 11.3 Å². The molecule has 31 heavy (non-hydrogen) atoms. The van der Waals surface area contributed by atoms with Crippen LogP contribution in [0.4, 0.5) is 0 Å². The zero-order chi connectivity index (χ0) is 21.7. The maximum Gasteiger partial charge on any atom is 0.231 e. The van der Waals surface area contributed by atoms with E-state index < -0.39 is 5.54 Å². The van der Waals surface area contributed by atoms with Crippen molar-refractivity contribution in [1.82, 2.24) is 20.1 Å². The fourth-order valence-corrected chi connectivity index (χ4v) is 4.71. The summed E-state index contributed by atoms with van der Waals surface area (Å²) in [5.41, 5.74) is 1.26. The minimum absolute atomic E-state index is 0.149. The van der Waals surface area contributed by atoms with Crippen LogP contribution in [-0.4, -0.2) is 32.0 Å². The van der Waals surface area contributed by atoms with Gasteiger partial charge in [-0.25, -0.2) is 0 Å². The molecule has 0 saturated heterocycles. The Morgan fingerprint density at radius 1 is 1.23 bits per heavy atom. The monoisotopic (exact) mass is 435 g/mol. The Morgan fingerprint density at radius 3 is 2.68 bits per heavy atom. The van der Waals surface area contributed by atoms with Gasteiger partial charge in [0.15, 0.2) is 11.0 Å². The number of rotatable bonds is 7. The Balaban J connectivity index is 1.52. The van der Waals surface area contributed by atoms with Crippen molar-refractivity contribution in [3.63, 3.8) is 0 Å². The lowest BCUT2D eigenvalue weighted by molar-refractivity contribution is -0.120. The third-order valence-corrected chi connectivity index (χ3v) is 6.60. The number of thioether (sulfide) groups is 1. The van der Waals surface area contributed by atoms with Crippen LogP contribution >= 0.6 is 11.8 Å².